The van der Waals surface area contributed by atoms with E-state index in [4.69, 9.17) is 9.47 Å². The van der Waals surface area contributed by atoms with Crippen LogP contribution in [0.5, 0.6) is 11.5 Å². The number of aromatic nitrogens is 2. The van der Waals surface area contributed by atoms with Crippen molar-refractivity contribution in [3.8, 4) is 11.5 Å². The van der Waals surface area contributed by atoms with E-state index in [0.717, 1.165) is 12.8 Å². The number of methoxy groups -OCH3 is 2. The van der Waals surface area contributed by atoms with Crippen LogP contribution in [0, 0.1) is 0 Å². The SMILES string of the molecule is CCCCn1nc(C(=O)N/N=C(/C)c2ccc(OC)cc2OC)c2ccccc2c1=O. The molecule has 1 heterocycles. The first-order chi connectivity index (χ1) is 15.0. The van der Waals surface area contributed by atoms with Crippen LogP contribution >= 0.6 is 0 Å². The van der Waals surface area contributed by atoms with Crippen molar-refractivity contribution >= 4 is 22.4 Å². The molecule has 0 spiro atoms. The standard InChI is InChI=1S/C23H26N4O4/c1-5-6-13-27-23(29)19-10-8-7-9-18(19)21(26-27)22(28)25-24-15(2)17-12-11-16(30-3)14-20(17)31-4/h7-12,14H,5-6,13H2,1-4H3,(H,25,28)/b24-15-. The summed E-state index contributed by atoms with van der Waals surface area (Å²) in [5.74, 6) is 0.738. The number of unbranched alkanes of at least 4 members (excludes halogenated alkanes) is 1. The van der Waals surface area contributed by atoms with Gasteiger partial charge >= 0.3 is 0 Å². The van der Waals surface area contributed by atoms with Crippen LogP contribution in [-0.4, -0.2) is 35.6 Å². The highest BCUT2D eigenvalue weighted by Crippen LogP contribution is 2.25. The molecule has 0 unspecified atom stereocenters. The summed E-state index contributed by atoms with van der Waals surface area (Å²) in [6.45, 7) is 4.24. The highest BCUT2D eigenvalue weighted by Gasteiger charge is 2.17. The van der Waals surface area contributed by atoms with Gasteiger partial charge in [-0.1, -0.05) is 31.5 Å². The van der Waals surface area contributed by atoms with Gasteiger partial charge in [-0.05, 0) is 31.5 Å². The van der Waals surface area contributed by atoms with Crippen LogP contribution in [-0.2, 0) is 6.54 Å². The number of hydrogen-bond donors (Lipinski definition) is 1. The van der Waals surface area contributed by atoms with Gasteiger partial charge in [0, 0.05) is 23.6 Å². The molecule has 1 aromatic heterocycles. The van der Waals surface area contributed by atoms with Gasteiger partial charge in [0.1, 0.15) is 11.5 Å². The molecule has 0 fully saturated rings. The summed E-state index contributed by atoms with van der Waals surface area (Å²) in [6, 6.07) is 12.3. The molecule has 3 aromatic rings. The second-order valence-corrected chi connectivity index (χ2v) is 6.98. The van der Waals surface area contributed by atoms with Crippen LogP contribution in [0.2, 0.25) is 0 Å². The number of hydrogen-bond acceptors (Lipinski definition) is 6. The molecule has 162 valence electrons. The number of nitrogens with one attached hydrogen (secondary N) is 1. The van der Waals surface area contributed by atoms with Crippen molar-refractivity contribution in [1.82, 2.24) is 15.2 Å². The number of nitrogens with zero attached hydrogens (tertiary/aromatic N) is 3. The van der Waals surface area contributed by atoms with Crippen molar-refractivity contribution in [2.75, 3.05) is 14.2 Å². The third-order valence-corrected chi connectivity index (χ3v) is 4.93. The minimum absolute atomic E-state index is 0.157. The van der Waals surface area contributed by atoms with E-state index in [-0.39, 0.29) is 11.3 Å². The summed E-state index contributed by atoms with van der Waals surface area (Å²) in [5.41, 5.74) is 3.78. The average molecular weight is 422 g/mol. The maximum Gasteiger partial charge on any atom is 0.292 e. The van der Waals surface area contributed by atoms with Crippen LogP contribution in [0.4, 0.5) is 0 Å². The number of aryl methyl sites for hydroxylation is 1. The number of amides is 1. The van der Waals surface area contributed by atoms with E-state index in [0.29, 0.717) is 40.1 Å². The fourth-order valence-electron chi connectivity index (χ4n) is 3.21. The number of ether oxygens (including phenoxy) is 2. The lowest BCUT2D eigenvalue weighted by molar-refractivity contribution is 0.0949. The molecule has 1 amide bonds. The third kappa shape index (κ3) is 4.74. The summed E-state index contributed by atoms with van der Waals surface area (Å²) < 4.78 is 12.0. The zero-order valence-electron chi connectivity index (χ0n) is 18.1. The predicted octanol–water partition coefficient (Wildman–Crippen LogP) is 3.37. The van der Waals surface area contributed by atoms with Gasteiger partial charge in [-0.3, -0.25) is 9.59 Å². The molecule has 0 aliphatic carbocycles. The fraction of sp³-hybridized carbons (Fsp3) is 0.304. The molecule has 8 nitrogen and oxygen atoms in total. The molecule has 0 aliphatic heterocycles. The van der Waals surface area contributed by atoms with Crippen LogP contribution in [0.15, 0.2) is 52.4 Å². The summed E-state index contributed by atoms with van der Waals surface area (Å²) in [5, 5.41) is 9.50. The van der Waals surface area contributed by atoms with E-state index in [9.17, 15) is 9.59 Å². The minimum atomic E-state index is -0.492. The molecule has 3 rings (SSSR count). The first-order valence-corrected chi connectivity index (χ1v) is 10.1. The van der Waals surface area contributed by atoms with Gasteiger partial charge in [0.15, 0.2) is 5.69 Å². The summed E-state index contributed by atoms with van der Waals surface area (Å²) in [7, 11) is 3.13. The van der Waals surface area contributed by atoms with E-state index >= 15 is 0 Å². The number of rotatable bonds is 8. The van der Waals surface area contributed by atoms with Gasteiger partial charge in [0.05, 0.1) is 25.3 Å². The third-order valence-electron chi connectivity index (χ3n) is 4.93. The molecule has 0 atom stereocenters. The number of carbonyl (C=O) groups excluding carboxylic acids is 1. The van der Waals surface area contributed by atoms with Gasteiger partial charge < -0.3 is 9.47 Å². The lowest BCUT2D eigenvalue weighted by Crippen LogP contribution is -2.29. The first-order valence-electron chi connectivity index (χ1n) is 10.1. The molecule has 0 radical (unpaired) electrons. The molecular weight excluding hydrogens is 396 g/mol. The number of carbonyl (C=O) groups is 1. The monoisotopic (exact) mass is 422 g/mol. The summed E-state index contributed by atoms with van der Waals surface area (Å²) in [6.07, 6.45) is 1.70. The van der Waals surface area contributed by atoms with E-state index in [1.54, 1.807) is 63.6 Å². The molecule has 2 aromatic carbocycles. The zero-order chi connectivity index (χ0) is 22.4. The topological polar surface area (TPSA) is 94.8 Å². The number of fused-ring (bicyclic) bond motifs is 1. The lowest BCUT2D eigenvalue weighted by Gasteiger charge is -2.11. The second kappa shape index (κ2) is 9.88. The predicted molar refractivity (Wildman–Crippen MR) is 120 cm³/mol. The van der Waals surface area contributed by atoms with Crippen molar-refractivity contribution in [3.63, 3.8) is 0 Å². The molecule has 8 heteroatoms. The van der Waals surface area contributed by atoms with E-state index in [2.05, 4.69) is 15.6 Å². The summed E-state index contributed by atoms with van der Waals surface area (Å²) in [4.78, 5) is 25.6. The number of benzene rings is 2. The van der Waals surface area contributed by atoms with Gasteiger partial charge in [0.2, 0.25) is 0 Å². The highest BCUT2D eigenvalue weighted by atomic mass is 16.5. The van der Waals surface area contributed by atoms with Crippen molar-refractivity contribution in [1.29, 1.82) is 0 Å². The van der Waals surface area contributed by atoms with Gasteiger partial charge in [-0.15, -0.1) is 0 Å². The molecule has 31 heavy (non-hydrogen) atoms. The Morgan fingerprint density at radius 1 is 1.13 bits per heavy atom. The van der Waals surface area contributed by atoms with Gasteiger partial charge in [-0.2, -0.15) is 10.2 Å². The lowest BCUT2D eigenvalue weighted by atomic mass is 10.1. The smallest absolute Gasteiger partial charge is 0.292 e. The molecule has 0 bridgehead atoms. The largest absolute Gasteiger partial charge is 0.497 e. The first kappa shape index (κ1) is 22.0. The minimum Gasteiger partial charge on any atom is -0.497 e. The van der Waals surface area contributed by atoms with E-state index < -0.39 is 5.91 Å². The Morgan fingerprint density at radius 2 is 1.87 bits per heavy atom. The Kier molecular flexibility index (Phi) is 7.02. The van der Waals surface area contributed by atoms with Crippen molar-refractivity contribution in [3.05, 3.63) is 64.1 Å². The molecule has 1 N–H and O–H groups in total. The molecular formula is C23H26N4O4. The van der Waals surface area contributed by atoms with Crippen LogP contribution in [0.25, 0.3) is 10.8 Å². The van der Waals surface area contributed by atoms with Crippen molar-refractivity contribution < 1.29 is 14.3 Å². The number of hydrazone groups is 1. The van der Waals surface area contributed by atoms with Crippen molar-refractivity contribution in [2.45, 2.75) is 33.2 Å². The maximum absolute atomic E-state index is 12.9. The Morgan fingerprint density at radius 3 is 2.55 bits per heavy atom. The average Bonchev–Trinajstić information content (AvgIpc) is 2.81. The zero-order valence-corrected chi connectivity index (χ0v) is 18.1. The van der Waals surface area contributed by atoms with Gasteiger partial charge in [-0.25, -0.2) is 10.1 Å². The maximum atomic E-state index is 12.9. The second-order valence-electron chi connectivity index (χ2n) is 6.98. The van der Waals surface area contributed by atoms with Crippen LogP contribution in [0.1, 0.15) is 42.7 Å². The van der Waals surface area contributed by atoms with Crippen molar-refractivity contribution in [2.24, 2.45) is 5.10 Å². The highest BCUT2D eigenvalue weighted by molar-refractivity contribution is 6.06. The normalized spacial score (nSPS) is 11.4. The van der Waals surface area contributed by atoms with E-state index in [1.807, 2.05) is 6.92 Å². The van der Waals surface area contributed by atoms with Crippen LogP contribution in [0.3, 0.4) is 0 Å². The Balaban J connectivity index is 1.95. The molecule has 0 aliphatic rings. The molecule has 0 saturated heterocycles. The quantitative estimate of drug-likeness (QED) is 0.444. The van der Waals surface area contributed by atoms with Crippen LogP contribution < -0.4 is 20.5 Å². The summed E-state index contributed by atoms with van der Waals surface area (Å²) >= 11 is 0. The molecule has 0 saturated carbocycles. The Hall–Kier alpha value is -3.68. The van der Waals surface area contributed by atoms with Gasteiger partial charge in [0.25, 0.3) is 11.5 Å². The van der Waals surface area contributed by atoms with E-state index in [1.165, 1.54) is 4.68 Å². The Bertz CT molecular complexity index is 1180. The Labute approximate surface area is 180 Å². The fourth-order valence-corrected chi connectivity index (χ4v) is 3.21.